The number of amides is 1. The average molecular weight is 537 g/mol. The molecule has 2 aliphatic rings. The normalized spacial score (nSPS) is 22.2. The number of β-amino-alcohol motifs (C(OH)–C–C–N with tert-alkyl or cyclic N) is 1. The largest absolute Gasteiger partial charge is 0.390 e. The Morgan fingerprint density at radius 2 is 1.94 bits per heavy atom. The van der Waals surface area contributed by atoms with Crippen LogP contribution in [0.5, 0.6) is 0 Å². The second-order valence-corrected chi connectivity index (χ2v) is 10.7. The predicted octanol–water partition coefficient (Wildman–Crippen LogP) is 5.11. The summed E-state index contributed by atoms with van der Waals surface area (Å²) in [6.07, 6.45) is 0.729. The molecule has 10 heteroatoms. The standard InChI is InChI=1S/C25H27Cl2FN4O2S/c1-4-21(34)32-13(2)10-31(11-14(32)3)25(29)17-8-19(27)22(15-5-6-20(28)18(26)7-15)24-23(17)30-9-16(33)12-35-24/h4-8,13-14,16,29-30,33H,1,9-12H2,2-3H3/t13-,14?,16?/m0/s1. The molecule has 0 aromatic heterocycles. The molecule has 1 amide bonds. The molecule has 2 heterocycles. The summed E-state index contributed by atoms with van der Waals surface area (Å²) in [5.74, 6) is 0.0728. The highest BCUT2D eigenvalue weighted by Crippen LogP contribution is 2.46. The van der Waals surface area contributed by atoms with Gasteiger partial charge in [-0.2, -0.15) is 0 Å². The number of nitrogens with one attached hydrogen (secondary N) is 2. The van der Waals surface area contributed by atoms with Gasteiger partial charge in [-0.05, 0) is 43.7 Å². The van der Waals surface area contributed by atoms with Gasteiger partial charge in [0.05, 0.1) is 21.8 Å². The molecule has 35 heavy (non-hydrogen) atoms. The van der Waals surface area contributed by atoms with Crippen molar-refractivity contribution in [3.8, 4) is 11.1 Å². The van der Waals surface area contributed by atoms with Crippen molar-refractivity contribution in [1.82, 2.24) is 9.80 Å². The number of aliphatic hydroxyl groups excluding tert-OH is 1. The Morgan fingerprint density at radius 1 is 1.26 bits per heavy atom. The van der Waals surface area contributed by atoms with Crippen molar-refractivity contribution < 1.29 is 14.3 Å². The summed E-state index contributed by atoms with van der Waals surface area (Å²) in [6, 6.07) is 5.97. The van der Waals surface area contributed by atoms with Crippen LogP contribution < -0.4 is 5.32 Å². The topological polar surface area (TPSA) is 79.7 Å². The smallest absolute Gasteiger partial charge is 0.246 e. The van der Waals surface area contributed by atoms with Gasteiger partial charge in [0.25, 0.3) is 0 Å². The number of aliphatic hydroxyl groups is 1. The molecule has 0 aliphatic carbocycles. The van der Waals surface area contributed by atoms with Crippen LogP contribution in [0, 0.1) is 11.2 Å². The minimum absolute atomic E-state index is 0.00864. The molecule has 0 spiro atoms. The van der Waals surface area contributed by atoms with Gasteiger partial charge in [0.15, 0.2) is 0 Å². The molecule has 0 saturated carbocycles. The van der Waals surface area contributed by atoms with E-state index in [0.717, 1.165) is 4.90 Å². The average Bonchev–Trinajstić information content (AvgIpc) is 3.01. The van der Waals surface area contributed by atoms with Crippen molar-refractivity contribution in [2.24, 2.45) is 0 Å². The van der Waals surface area contributed by atoms with Crippen molar-refractivity contribution in [2.45, 2.75) is 36.9 Å². The maximum absolute atomic E-state index is 13.8. The lowest BCUT2D eigenvalue weighted by molar-refractivity contribution is -0.132. The highest BCUT2D eigenvalue weighted by atomic mass is 35.5. The van der Waals surface area contributed by atoms with Gasteiger partial charge in [-0.15, -0.1) is 11.8 Å². The molecule has 3 N–H and O–H groups in total. The summed E-state index contributed by atoms with van der Waals surface area (Å²) in [7, 11) is 0. The zero-order chi connectivity index (χ0) is 25.4. The second kappa shape index (κ2) is 10.4. The number of nitrogens with zero attached hydrogens (tertiary/aromatic N) is 2. The van der Waals surface area contributed by atoms with E-state index < -0.39 is 11.9 Å². The molecule has 2 aromatic carbocycles. The fourth-order valence-electron chi connectivity index (χ4n) is 4.73. The van der Waals surface area contributed by atoms with Gasteiger partial charge in [0.2, 0.25) is 5.91 Å². The van der Waals surface area contributed by atoms with Crippen molar-refractivity contribution in [3.05, 3.63) is 58.3 Å². The third-order valence-corrected chi connectivity index (χ3v) is 8.13. The summed E-state index contributed by atoms with van der Waals surface area (Å²) >= 11 is 14.3. The lowest BCUT2D eigenvalue weighted by Gasteiger charge is -2.45. The summed E-state index contributed by atoms with van der Waals surface area (Å²) < 4.78 is 13.8. The fourth-order valence-corrected chi connectivity index (χ4v) is 6.45. The van der Waals surface area contributed by atoms with Gasteiger partial charge in [-0.25, -0.2) is 4.39 Å². The number of halogens is 3. The maximum atomic E-state index is 13.8. The van der Waals surface area contributed by atoms with Gasteiger partial charge in [-0.3, -0.25) is 10.2 Å². The van der Waals surface area contributed by atoms with Crippen molar-refractivity contribution in [1.29, 1.82) is 5.41 Å². The Hall–Kier alpha value is -2.26. The van der Waals surface area contributed by atoms with Gasteiger partial charge < -0.3 is 20.2 Å². The Labute approximate surface area is 218 Å². The van der Waals surface area contributed by atoms with Gasteiger partial charge in [0, 0.05) is 53.5 Å². The number of fused-ring (bicyclic) bond motifs is 1. The minimum Gasteiger partial charge on any atom is -0.390 e. The van der Waals surface area contributed by atoms with Gasteiger partial charge in [0.1, 0.15) is 11.7 Å². The third-order valence-electron chi connectivity index (χ3n) is 6.30. The van der Waals surface area contributed by atoms with Crippen LogP contribution in [-0.2, 0) is 4.79 Å². The molecule has 2 unspecified atom stereocenters. The van der Waals surface area contributed by atoms with Crippen molar-refractivity contribution in [3.63, 3.8) is 0 Å². The van der Waals surface area contributed by atoms with Crippen LogP contribution in [0.4, 0.5) is 10.1 Å². The lowest BCUT2D eigenvalue weighted by Crippen LogP contribution is -2.59. The van der Waals surface area contributed by atoms with Crippen LogP contribution in [0.3, 0.4) is 0 Å². The SMILES string of the molecule is C=CC(=O)N1C(C)CN(C(=N)c2cc(Cl)c(-c3ccc(F)c(Cl)c3)c3c2NCC(O)CS3)C[C@@H]1C. The monoisotopic (exact) mass is 536 g/mol. The first kappa shape index (κ1) is 25.8. The molecular formula is C25H27Cl2FN4O2S. The number of benzene rings is 2. The minimum atomic E-state index is -0.591. The molecule has 186 valence electrons. The Balaban J connectivity index is 1.77. The van der Waals surface area contributed by atoms with E-state index in [0.29, 0.717) is 52.8 Å². The number of hydrogen-bond acceptors (Lipinski definition) is 5. The summed E-state index contributed by atoms with van der Waals surface area (Å²) in [5, 5.41) is 23.1. The van der Waals surface area contributed by atoms with E-state index in [2.05, 4.69) is 11.9 Å². The predicted molar refractivity (Wildman–Crippen MR) is 141 cm³/mol. The number of piperazine rings is 1. The van der Waals surface area contributed by atoms with E-state index in [1.54, 1.807) is 17.0 Å². The summed E-state index contributed by atoms with van der Waals surface area (Å²) in [4.78, 5) is 16.8. The molecule has 6 nitrogen and oxygen atoms in total. The van der Waals surface area contributed by atoms with Crippen LogP contribution in [0.2, 0.25) is 10.0 Å². The van der Waals surface area contributed by atoms with E-state index >= 15 is 0 Å². The van der Waals surface area contributed by atoms with Crippen LogP contribution in [0.1, 0.15) is 19.4 Å². The lowest BCUT2D eigenvalue weighted by atomic mass is 9.99. The molecule has 2 aliphatic heterocycles. The first-order valence-corrected chi connectivity index (χ1v) is 13.0. The van der Waals surface area contributed by atoms with E-state index in [1.807, 2.05) is 18.7 Å². The van der Waals surface area contributed by atoms with Crippen LogP contribution in [0.25, 0.3) is 11.1 Å². The molecule has 2 aromatic rings. The van der Waals surface area contributed by atoms with Crippen LogP contribution in [-0.4, -0.2) is 70.2 Å². The van der Waals surface area contributed by atoms with Gasteiger partial charge in [-0.1, -0.05) is 35.8 Å². The Kier molecular flexibility index (Phi) is 7.66. The first-order chi connectivity index (χ1) is 16.6. The molecule has 1 saturated heterocycles. The van der Waals surface area contributed by atoms with E-state index in [4.69, 9.17) is 28.6 Å². The van der Waals surface area contributed by atoms with E-state index in [-0.39, 0.29) is 28.8 Å². The number of thioether (sulfide) groups is 1. The molecule has 4 rings (SSSR count). The van der Waals surface area contributed by atoms with Crippen LogP contribution >= 0.6 is 35.0 Å². The number of hydrogen-bond donors (Lipinski definition) is 3. The maximum Gasteiger partial charge on any atom is 0.246 e. The van der Waals surface area contributed by atoms with Crippen molar-refractivity contribution in [2.75, 3.05) is 30.7 Å². The number of carbonyl (C=O) groups is 1. The molecule has 1 fully saturated rings. The quantitative estimate of drug-likeness (QED) is 0.288. The molecule has 3 atom stereocenters. The van der Waals surface area contributed by atoms with Crippen molar-refractivity contribution >= 4 is 52.4 Å². The number of carbonyl (C=O) groups excluding carboxylic acids is 1. The second-order valence-electron chi connectivity index (χ2n) is 8.86. The number of rotatable bonds is 3. The zero-order valence-electron chi connectivity index (χ0n) is 19.4. The van der Waals surface area contributed by atoms with E-state index in [9.17, 15) is 14.3 Å². The highest BCUT2D eigenvalue weighted by Gasteiger charge is 2.34. The summed E-state index contributed by atoms with van der Waals surface area (Å²) in [6.45, 7) is 8.80. The Bertz CT molecular complexity index is 1180. The molecular weight excluding hydrogens is 510 g/mol. The zero-order valence-corrected chi connectivity index (χ0v) is 21.8. The van der Waals surface area contributed by atoms with E-state index in [1.165, 1.54) is 30.0 Å². The molecule has 0 radical (unpaired) electrons. The summed E-state index contributed by atoms with van der Waals surface area (Å²) in [5.41, 5.74) is 2.63. The number of amidine groups is 1. The fraction of sp³-hybridized carbons (Fsp3) is 0.360. The van der Waals surface area contributed by atoms with Crippen LogP contribution in [0.15, 0.2) is 41.8 Å². The van der Waals surface area contributed by atoms with Gasteiger partial charge >= 0.3 is 0 Å². The highest BCUT2D eigenvalue weighted by molar-refractivity contribution is 7.99. The Morgan fingerprint density at radius 3 is 2.57 bits per heavy atom. The molecule has 0 bridgehead atoms. The third kappa shape index (κ3) is 5.03. The number of anilines is 1. The first-order valence-electron chi connectivity index (χ1n) is 11.3.